The molecule has 4 nitrogen and oxygen atoms in total. The van der Waals surface area contributed by atoms with Crippen molar-refractivity contribution >= 4 is 28.9 Å². The maximum atomic E-state index is 12.3. The van der Waals surface area contributed by atoms with Gasteiger partial charge in [0.05, 0.1) is 12.8 Å². The van der Waals surface area contributed by atoms with Crippen LogP contribution in [0, 0.1) is 18.8 Å². The molecule has 1 aromatic rings. The van der Waals surface area contributed by atoms with Gasteiger partial charge in [0.15, 0.2) is 0 Å². The number of amides is 1. The molecule has 104 valence electrons. The van der Waals surface area contributed by atoms with Crippen LogP contribution in [0.4, 0.5) is 5.69 Å². The van der Waals surface area contributed by atoms with E-state index in [-0.39, 0.29) is 11.8 Å². The molecule has 0 radical (unpaired) electrons. The van der Waals surface area contributed by atoms with Gasteiger partial charge in [-0.3, -0.25) is 4.79 Å². The molecule has 1 heterocycles. The highest BCUT2D eigenvalue weighted by molar-refractivity contribution is 7.12. The molecule has 1 aromatic heterocycles. The molecule has 0 spiro atoms. The van der Waals surface area contributed by atoms with Gasteiger partial charge < -0.3 is 10.1 Å². The number of esters is 1. The van der Waals surface area contributed by atoms with Gasteiger partial charge in [0, 0.05) is 5.92 Å². The number of nitrogens with one attached hydrogen (secondary N) is 1. The van der Waals surface area contributed by atoms with Crippen LogP contribution in [0.5, 0.6) is 0 Å². The number of hydrogen-bond acceptors (Lipinski definition) is 4. The largest absolute Gasteiger partial charge is 0.465 e. The smallest absolute Gasteiger partial charge is 0.350 e. The van der Waals surface area contributed by atoms with Crippen molar-refractivity contribution in [2.24, 2.45) is 11.8 Å². The molecular weight excluding hydrogens is 262 g/mol. The molecule has 2 atom stereocenters. The molecule has 1 amide bonds. The Bertz CT molecular complexity index is 495. The van der Waals surface area contributed by atoms with Crippen LogP contribution in [-0.4, -0.2) is 19.0 Å². The van der Waals surface area contributed by atoms with Crippen molar-refractivity contribution in [3.63, 3.8) is 0 Å². The predicted octanol–water partition coefficient (Wildman–Crippen LogP) is 3.22. The highest BCUT2D eigenvalue weighted by atomic mass is 32.1. The van der Waals surface area contributed by atoms with Crippen LogP contribution in [0.1, 0.15) is 41.4 Å². The Morgan fingerprint density at radius 2 is 2.16 bits per heavy atom. The first-order valence-electron chi connectivity index (χ1n) is 6.51. The fourth-order valence-electron chi connectivity index (χ4n) is 2.59. The lowest BCUT2D eigenvalue weighted by atomic mass is 9.97. The second kappa shape index (κ2) is 5.74. The summed E-state index contributed by atoms with van der Waals surface area (Å²) in [5, 5.41) is 4.78. The zero-order chi connectivity index (χ0) is 14.0. The molecule has 0 aromatic carbocycles. The van der Waals surface area contributed by atoms with Crippen LogP contribution >= 0.6 is 11.3 Å². The van der Waals surface area contributed by atoms with Crippen LogP contribution in [0.15, 0.2) is 5.38 Å². The molecule has 1 aliphatic carbocycles. The molecule has 1 saturated carbocycles. The minimum Gasteiger partial charge on any atom is -0.465 e. The molecule has 1 fully saturated rings. The number of carbonyl (C=O) groups excluding carboxylic acids is 2. The van der Waals surface area contributed by atoms with Crippen LogP contribution in [0.25, 0.3) is 0 Å². The summed E-state index contributed by atoms with van der Waals surface area (Å²) < 4.78 is 4.74. The van der Waals surface area contributed by atoms with Gasteiger partial charge in [-0.05, 0) is 36.6 Å². The van der Waals surface area contributed by atoms with Crippen molar-refractivity contribution in [2.75, 3.05) is 12.4 Å². The first-order chi connectivity index (χ1) is 9.04. The van der Waals surface area contributed by atoms with Crippen LogP contribution < -0.4 is 5.32 Å². The zero-order valence-electron chi connectivity index (χ0n) is 11.5. The highest BCUT2D eigenvalue weighted by Crippen LogP contribution is 2.34. The Balaban J connectivity index is 2.16. The first kappa shape index (κ1) is 14.1. The number of methoxy groups -OCH3 is 1. The van der Waals surface area contributed by atoms with Gasteiger partial charge >= 0.3 is 5.97 Å². The Labute approximate surface area is 117 Å². The van der Waals surface area contributed by atoms with Crippen molar-refractivity contribution in [3.8, 4) is 0 Å². The van der Waals surface area contributed by atoms with Crippen molar-refractivity contribution in [1.29, 1.82) is 0 Å². The zero-order valence-corrected chi connectivity index (χ0v) is 12.3. The van der Waals surface area contributed by atoms with Gasteiger partial charge in [0.2, 0.25) is 5.91 Å². The van der Waals surface area contributed by atoms with E-state index in [1.165, 1.54) is 18.4 Å². The molecule has 2 rings (SSSR count). The number of anilines is 1. The van der Waals surface area contributed by atoms with Crippen molar-refractivity contribution in [3.05, 3.63) is 15.8 Å². The molecular formula is C14H19NO3S. The molecule has 1 aliphatic rings. The van der Waals surface area contributed by atoms with Crippen LogP contribution in [0.3, 0.4) is 0 Å². The second-order valence-electron chi connectivity index (χ2n) is 5.12. The lowest BCUT2D eigenvalue weighted by Crippen LogP contribution is -2.25. The van der Waals surface area contributed by atoms with Gasteiger partial charge in [0.25, 0.3) is 0 Å². The summed E-state index contributed by atoms with van der Waals surface area (Å²) >= 11 is 1.30. The summed E-state index contributed by atoms with van der Waals surface area (Å²) in [7, 11) is 1.35. The highest BCUT2D eigenvalue weighted by Gasteiger charge is 2.31. The van der Waals surface area contributed by atoms with Crippen molar-refractivity contribution in [1.82, 2.24) is 0 Å². The minimum atomic E-state index is -0.395. The monoisotopic (exact) mass is 281 g/mol. The SMILES string of the molecule is COC(=O)c1scc(C)c1NC(=O)C1CCCC1C. The van der Waals surface area contributed by atoms with E-state index in [0.717, 1.165) is 24.8 Å². The Morgan fingerprint density at radius 1 is 1.42 bits per heavy atom. The topological polar surface area (TPSA) is 55.4 Å². The van der Waals surface area contributed by atoms with Crippen LogP contribution in [0.2, 0.25) is 0 Å². The summed E-state index contributed by atoms with van der Waals surface area (Å²) in [4.78, 5) is 24.4. The Morgan fingerprint density at radius 3 is 2.74 bits per heavy atom. The van der Waals surface area contributed by atoms with E-state index in [1.54, 1.807) is 0 Å². The molecule has 2 unspecified atom stereocenters. The number of aryl methyl sites for hydroxylation is 1. The number of rotatable bonds is 3. The number of carbonyl (C=O) groups is 2. The Kier molecular flexibility index (Phi) is 4.24. The fourth-order valence-corrected chi connectivity index (χ4v) is 3.52. The van der Waals surface area contributed by atoms with E-state index in [1.807, 2.05) is 12.3 Å². The third-order valence-electron chi connectivity index (χ3n) is 3.79. The van der Waals surface area contributed by atoms with Crippen molar-refractivity contribution < 1.29 is 14.3 Å². The molecule has 1 N–H and O–H groups in total. The minimum absolute atomic E-state index is 0.0247. The molecule has 5 heteroatoms. The van der Waals surface area contributed by atoms with Gasteiger partial charge in [-0.25, -0.2) is 4.79 Å². The molecule has 0 saturated heterocycles. The van der Waals surface area contributed by atoms with Gasteiger partial charge in [0.1, 0.15) is 4.88 Å². The lowest BCUT2D eigenvalue weighted by molar-refractivity contribution is -0.120. The molecule has 0 bridgehead atoms. The maximum Gasteiger partial charge on any atom is 0.350 e. The van der Waals surface area contributed by atoms with E-state index >= 15 is 0 Å². The van der Waals surface area contributed by atoms with Crippen molar-refractivity contribution in [2.45, 2.75) is 33.1 Å². The quantitative estimate of drug-likeness (QED) is 0.865. The van der Waals surface area contributed by atoms with Gasteiger partial charge in [-0.1, -0.05) is 13.3 Å². The standard InChI is InChI=1S/C14H19NO3S/c1-8-5-4-6-10(8)13(16)15-11-9(2)7-19-12(11)14(17)18-3/h7-8,10H,4-6H2,1-3H3,(H,15,16). The number of ether oxygens (including phenoxy) is 1. The number of hydrogen-bond donors (Lipinski definition) is 1. The fraction of sp³-hybridized carbons (Fsp3) is 0.571. The summed E-state index contributed by atoms with van der Waals surface area (Å²) in [6.45, 7) is 4.00. The van der Waals surface area contributed by atoms with Gasteiger partial charge in [-0.2, -0.15) is 0 Å². The predicted molar refractivity (Wildman–Crippen MR) is 75.5 cm³/mol. The molecule has 0 aliphatic heterocycles. The van der Waals surface area contributed by atoms with E-state index < -0.39 is 5.97 Å². The normalized spacial score (nSPS) is 22.3. The lowest BCUT2D eigenvalue weighted by Gasteiger charge is -2.15. The summed E-state index contributed by atoms with van der Waals surface area (Å²) in [5.74, 6) is 0.106. The average molecular weight is 281 g/mol. The second-order valence-corrected chi connectivity index (χ2v) is 6.00. The maximum absolute atomic E-state index is 12.3. The third kappa shape index (κ3) is 2.81. The first-order valence-corrected chi connectivity index (χ1v) is 7.39. The molecule has 19 heavy (non-hydrogen) atoms. The van der Waals surface area contributed by atoms with E-state index in [4.69, 9.17) is 4.74 Å². The average Bonchev–Trinajstić information content (AvgIpc) is 2.96. The third-order valence-corrected chi connectivity index (χ3v) is 4.87. The van der Waals surface area contributed by atoms with E-state index in [2.05, 4.69) is 12.2 Å². The summed E-state index contributed by atoms with van der Waals surface area (Å²) in [6.07, 6.45) is 3.14. The Hall–Kier alpha value is -1.36. The van der Waals surface area contributed by atoms with E-state index in [0.29, 0.717) is 16.5 Å². The summed E-state index contributed by atoms with van der Waals surface area (Å²) in [5.41, 5.74) is 1.52. The van der Waals surface area contributed by atoms with E-state index in [9.17, 15) is 9.59 Å². The number of thiophene rings is 1. The summed E-state index contributed by atoms with van der Waals surface area (Å²) in [6, 6.07) is 0. The van der Waals surface area contributed by atoms with Crippen LogP contribution in [-0.2, 0) is 9.53 Å². The van der Waals surface area contributed by atoms with Gasteiger partial charge in [-0.15, -0.1) is 11.3 Å².